The van der Waals surface area contributed by atoms with Crippen LogP contribution in [0, 0.1) is 0 Å². The monoisotopic (exact) mass is 444 g/mol. The molecule has 0 aliphatic carbocycles. The molecule has 0 radical (unpaired) electrons. The van der Waals surface area contributed by atoms with E-state index in [0.717, 1.165) is 35.4 Å². The number of likely N-dealkylation sites (tertiary alicyclic amines) is 1. The van der Waals surface area contributed by atoms with Crippen molar-refractivity contribution < 1.29 is 9.53 Å². The standard InChI is InChI=1S/C25H21ClN4O2/c1-2-23(31)29-13-6-9-20(29)25-28-24(21-16-27-12-14-30(21)25)17-10-11-22(19(26)15-17)32-18-7-4-3-5-8-18/h2-5,7-8,10-12,14-16,20H,1,6,9,13H2/t20-/m0/s1. The van der Waals surface area contributed by atoms with E-state index in [1.165, 1.54) is 6.08 Å². The third kappa shape index (κ3) is 3.63. The van der Waals surface area contributed by atoms with Crippen LogP contribution in [0.5, 0.6) is 11.5 Å². The number of benzene rings is 2. The largest absolute Gasteiger partial charge is 0.456 e. The lowest BCUT2D eigenvalue weighted by Gasteiger charge is -2.22. The van der Waals surface area contributed by atoms with Crippen LogP contribution in [0.3, 0.4) is 0 Å². The number of aromatic nitrogens is 3. The van der Waals surface area contributed by atoms with E-state index in [2.05, 4.69) is 11.6 Å². The zero-order valence-electron chi connectivity index (χ0n) is 17.3. The number of halogens is 1. The van der Waals surface area contributed by atoms with Gasteiger partial charge < -0.3 is 9.64 Å². The third-order valence-corrected chi connectivity index (χ3v) is 5.95. The molecule has 6 nitrogen and oxygen atoms in total. The van der Waals surface area contributed by atoms with E-state index in [-0.39, 0.29) is 11.9 Å². The van der Waals surface area contributed by atoms with Gasteiger partial charge in [-0.15, -0.1) is 0 Å². The molecule has 1 amide bonds. The first-order valence-electron chi connectivity index (χ1n) is 10.4. The van der Waals surface area contributed by atoms with E-state index in [0.29, 0.717) is 23.1 Å². The molecule has 1 atom stereocenters. The Labute approximate surface area is 190 Å². The number of nitrogens with zero attached hydrogens (tertiary/aromatic N) is 4. The molecule has 0 unspecified atom stereocenters. The fourth-order valence-corrected chi connectivity index (χ4v) is 4.39. The minimum atomic E-state index is -0.111. The molecule has 1 aliphatic rings. The second-order valence-electron chi connectivity index (χ2n) is 7.60. The van der Waals surface area contributed by atoms with Gasteiger partial charge in [-0.1, -0.05) is 36.4 Å². The summed E-state index contributed by atoms with van der Waals surface area (Å²) < 4.78 is 7.91. The highest BCUT2D eigenvalue weighted by Crippen LogP contribution is 2.37. The summed E-state index contributed by atoms with van der Waals surface area (Å²) in [7, 11) is 0. The van der Waals surface area contributed by atoms with E-state index in [1.54, 1.807) is 12.4 Å². The van der Waals surface area contributed by atoms with Crippen molar-refractivity contribution >= 4 is 23.0 Å². The lowest BCUT2D eigenvalue weighted by atomic mass is 10.1. The zero-order chi connectivity index (χ0) is 22.1. The van der Waals surface area contributed by atoms with Gasteiger partial charge in [-0.2, -0.15) is 0 Å². The molecule has 3 heterocycles. The van der Waals surface area contributed by atoms with Crippen molar-refractivity contribution in [2.45, 2.75) is 18.9 Å². The molecular weight excluding hydrogens is 424 g/mol. The molecule has 2 aromatic carbocycles. The van der Waals surface area contributed by atoms with Crippen molar-refractivity contribution in [2.24, 2.45) is 0 Å². The van der Waals surface area contributed by atoms with Gasteiger partial charge in [-0.3, -0.25) is 14.2 Å². The number of hydrogen-bond donors (Lipinski definition) is 0. The van der Waals surface area contributed by atoms with Gasteiger partial charge in [0.1, 0.15) is 17.3 Å². The number of rotatable bonds is 5. The highest BCUT2D eigenvalue weighted by Gasteiger charge is 2.32. The van der Waals surface area contributed by atoms with Crippen molar-refractivity contribution in [1.82, 2.24) is 19.3 Å². The number of para-hydroxylation sites is 1. The molecule has 0 N–H and O–H groups in total. The maximum absolute atomic E-state index is 12.4. The summed E-state index contributed by atoms with van der Waals surface area (Å²) in [6.07, 6.45) is 8.53. The summed E-state index contributed by atoms with van der Waals surface area (Å²) in [6.45, 7) is 4.34. The van der Waals surface area contributed by atoms with Crippen LogP contribution in [0.15, 0.2) is 79.8 Å². The molecule has 4 aromatic rings. The Kier molecular flexibility index (Phi) is 5.37. The normalized spacial score (nSPS) is 15.8. The molecule has 0 saturated carbocycles. The molecule has 1 aliphatic heterocycles. The number of carbonyl (C=O) groups is 1. The lowest BCUT2D eigenvalue weighted by Crippen LogP contribution is -2.29. The average molecular weight is 445 g/mol. The average Bonchev–Trinajstić information content (AvgIpc) is 3.45. The van der Waals surface area contributed by atoms with Gasteiger partial charge in [0.05, 0.1) is 28.5 Å². The fourth-order valence-electron chi connectivity index (χ4n) is 4.17. The predicted molar refractivity (Wildman–Crippen MR) is 124 cm³/mol. The second kappa shape index (κ2) is 8.48. The summed E-state index contributed by atoms with van der Waals surface area (Å²) in [6, 6.07) is 15.0. The minimum absolute atomic E-state index is 0.0784. The van der Waals surface area contributed by atoms with Gasteiger partial charge in [0, 0.05) is 24.5 Å². The zero-order valence-corrected chi connectivity index (χ0v) is 18.1. The maximum atomic E-state index is 12.4. The number of hydrogen-bond acceptors (Lipinski definition) is 4. The molecular formula is C25H21ClN4O2. The molecule has 7 heteroatoms. The van der Waals surface area contributed by atoms with Crippen LogP contribution in [0.1, 0.15) is 24.7 Å². The van der Waals surface area contributed by atoms with Crippen LogP contribution >= 0.6 is 11.6 Å². The van der Waals surface area contributed by atoms with Crippen molar-refractivity contribution in [1.29, 1.82) is 0 Å². The molecule has 0 spiro atoms. The van der Waals surface area contributed by atoms with Gasteiger partial charge in [0.25, 0.3) is 0 Å². The molecule has 2 aromatic heterocycles. The minimum Gasteiger partial charge on any atom is -0.456 e. The van der Waals surface area contributed by atoms with Crippen LogP contribution in [-0.4, -0.2) is 31.7 Å². The topological polar surface area (TPSA) is 59.7 Å². The third-order valence-electron chi connectivity index (χ3n) is 5.66. The van der Waals surface area contributed by atoms with Crippen molar-refractivity contribution in [3.63, 3.8) is 0 Å². The van der Waals surface area contributed by atoms with Crippen LogP contribution in [0.2, 0.25) is 5.02 Å². The Morgan fingerprint density at radius 3 is 2.84 bits per heavy atom. The number of carbonyl (C=O) groups excluding carboxylic acids is 1. The van der Waals surface area contributed by atoms with Crippen molar-refractivity contribution in [3.05, 3.63) is 90.6 Å². The van der Waals surface area contributed by atoms with Crippen LogP contribution in [0.4, 0.5) is 0 Å². The van der Waals surface area contributed by atoms with Crippen molar-refractivity contribution in [2.75, 3.05) is 6.54 Å². The Morgan fingerprint density at radius 1 is 1.22 bits per heavy atom. The molecule has 160 valence electrons. The summed E-state index contributed by atoms with van der Waals surface area (Å²) in [5, 5.41) is 0.488. The molecule has 0 bridgehead atoms. The number of fused-ring (bicyclic) bond motifs is 1. The predicted octanol–water partition coefficient (Wildman–Crippen LogP) is 5.69. The van der Waals surface area contributed by atoms with Gasteiger partial charge in [-0.05, 0) is 49.2 Å². The summed E-state index contributed by atoms with van der Waals surface area (Å²) >= 11 is 6.56. The first kappa shape index (κ1) is 20.3. The van der Waals surface area contributed by atoms with E-state index in [9.17, 15) is 4.79 Å². The Hall–Kier alpha value is -3.64. The first-order chi connectivity index (χ1) is 15.7. The fraction of sp³-hybridized carbons (Fsp3) is 0.160. The quantitative estimate of drug-likeness (QED) is 0.371. The number of ether oxygens (including phenoxy) is 1. The molecule has 5 rings (SSSR count). The second-order valence-corrected chi connectivity index (χ2v) is 8.01. The van der Waals surface area contributed by atoms with Crippen LogP contribution < -0.4 is 4.74 Å². The van der Waals surface area contributed by atoms with E-state index < -0.39 is 0 Å². The Morgan fingerprint density at radius 2 is 2.06 bits per heavy atom. The van der Waals surface area contributed by atoms with E-state index in [1.807, 2.05) is 64.0 Å². The highest BCUT2D eigenvalue weighted by molar-refractivity contribution is 6.32. The molecule has 1 fully saturated rings. The van der Waals surface area contributed by atoms with Gasteiger partial charge in [-0.25, -0.2) is 4.98 Å². The van der Waals surface area contributed by atoms with E-state index >= 15 is 0 Å². The molecule has 32 heavy (non-hydrogen) atoms. The van der Waals surface area contributed by atoms with Gasteiger partial charge in [0.2, 0.25) is 5.91 Å². The first-order valence-corrected chi connectivity index (χ1v) is 10.8. The molecule has 1 saturated heterocycles. The number of imidazole rings is 1. The maximum Gasteiger partial charge on any atom is 0.246 e. The van der Waals surface area contributed by atoms with Gasteiger partial charge in [0.15, 0.2) is 0 Å². The Bertz CT molecular complexity index is 1300. The summed E-state index contributed by atoms with van der Waals surface area (Å²) in [5.41, 5.74) is 2.47. The lowest BCUT2D eigenvalue weighted by molar-refractivity contribution is -0.127. The Balaban J connectivity index is 1.54. The highest BCUT2D eigenvalue weighted by atomic mass is 35.5. The van der Waals surface area contributed by atoms with Crippen LogP contribution in [0.25, 0.3) is 16.8 Å². The summed E-state index contributed by atoms with van der Waals surface area (Å²) in [4.78, 5) is 23.4. The summed E-state index contributed by atoms with van der Waals surface area (Å²) in [5.74, 6) is 2.02. The number of amides is 1. The van der Waals surface area contributed by atoms with Gasteiger partial charge >= 0.3 is 0 Å². The smallest absolute Gasteiger partial charge is 0.246 e. The van der Waals surface area contributed by atoms with Crippen molar-refractivity contribution in [3.8, 4) is 22.8 Å². The van der Waals surface area contributed by atoms with Crippen LogP contribution in [-0.2, 0) is 4.79 Å². The SMILES string of the molecule is C=CC(=O)N1CCC[C@H]1c1nc(-c2ccc(Oc3ccccc3)c(Cl)c2)c2cnccn12. The van der Waals surface area contributed by atoms with E-state index in [4.69, 9.17) is 21.3 Å².